The van der Waals surface area contributed by atoms with Crippen molar-refractivity contribution in [2.45, 2.75) is 51.0 Å². The maximum absolute atomic E-state index is 11.9. The van der Waals surface area contributed by atoms with Crippen LogP contribution in [0.4, 0.5) is 0 Å². The van der Waals surface area contributed by atoms with E-state index in [-0.39, 0.29) is 47.4 Å². The Balaban J connectivity index is 0.00000312. The highest BCUT2D eigenvalue weighted by atomic mass is 127. The molecule has 0 bridgehead atoms. The summed E-state index contributed by atoms with van der Waals surface area (Å²) in [4.78, 5) is 16.1. The van der Waals surface area contributed by atoms with E-state index in [9.17, 15) is 4.79 Å². The molecule has 1 aliphatic rings. The van der Waals surface area contributed by atoms with Gasteiger partial charge in [0.05, 0.1) is 6.54 Å². The second-order valence-corrected chi connectivity index (χ2v) is 7.58. The smallest absolute Gasteiger partial charge is 0.239 e. The highest BCUT2D eigenvalue weighted by Gasteiger charge is 2.38. The molecule has 1 saturated carbocycles. The molecule has 0 heterocycles. The lowest BCUT2D eigenvalue weighted by Gasteiger charge is -2.43. The van der Waals surface area contributed by atoms with E-state index in [0.717, 1.165) is 6.54 Å². The first-order chi connectivity index (χ1) is 11.3. The molecule has 0 saturated heterocycles. The maximum Gasteiger partial charge on any atom is 0.239 e. The Morgan fingerprint density at radius 1 is 1.16 bits per heavy atom. The molecule has 25 heavy (non-hydrogen) atoms. The lowest BCUT2D eigenvalue weighted by Crippen LogP contribution is -2.51. The Morgan fingerprint density at radius 3 is 2.28 bits per heavy atom. The molecule has 1 aliphatic carbocycles. The van der Waals surface area contributed by atoms with Crippen molar-refractivity contribution in [1.82, 2.24) is 16.0 Å². The minimum atomic E-state index is -0.223. The molecule has 0 aliphatic heterocycles. The van der Waals surface area contributed by atoms with Crippen molar-refractivity contribution < 1.29 is 4.79 Å². The highest BCUT2D eigenvalue weighted by Crippen LogP contribution is 2.43. The summed E-state index contributed by atoms with van der Waals surface area (Å²) in [5.74, 6) is 0.633. The number of nitrogens with zero attached hydrogens (tertiary/aromatic N) is 1. The summed E-state index contributed by atoms with van der Waals surface area (Å²) in [6, 6.07) is 10.7. The van der Waals surface area contributed by atoms with E-state index in [1.54, 1.807) is 7.05 Å². The zero-order valence-corrected chi connectivity index (χ0v) is 18.0. The third-order valence-corrected chi connectivity index (χ3v) is 4.45. The van der Waals surface area contributed by atoms with E-state index in [0.29, 0.717) is 5.96 Å². The molecule has 0 unspecified atom stereocenters. The van der Waals surface area contributed by atoms with E-state index in [1.807, 2.05) is 20.8 Å². The number of nitrogens with one attached hydrogen (secondary N) is 3. The number of guanidine groups is 1. The largest absolute Gasteiger partial charge is 0.356 e. The van der Waals surface area contributed by atoms with Crippen molar-refractivity contribution in [2.24, 2.45) is 4.99 Å². The molecule has 0 spiro atoms. The maximum atomic E-state index is 11.9. The minimum absolute atomic E-state index is 0. The van der Waals surface area contributed by atoms with Crippen LogP contribution in [0.25, 0.3) is 0 Å². The van der Waals surface area contributed by atoms with Gasteiger partial charge in [0.2, 0.25) is 5.91 Å². The number of carbonyl (C=O) groups is 1. The summed E-state index contributed by atoms with van der Waals surface area (Å²) < 4.78 is 0. The van der Waals surface area contributed by atoms with Crippen molar-refractivity contribution in [3.63, 3.8) is 0 Å². The summed E-state index contributed by atoms with van der Waals surface area (Å²) in [7, 11) is 1.73. The third-order valence-electron chi connectivity index (χ3n) is 4.45. The van der Waals surface area contributed by atoms with Gasteiger partial charge in [-0.05, 0) is 39.2 Å². The quantitative estimate of drug-likeness (QED) is 0.361. The zero-order valence-electron chi connectivity index (χ0n) is 15.7. The fraction of sp³-hybridized carbons (Fsp3) is 0.579. The molecule has 6 heteroatoms. The SMILES string of the molecule is CN=C(NCC(=O)NC(C)(C)C)NCC1(c2ccccc2)CCC1.I. The van der Waals surface area contributed by atoms with Gasteiger partial charge in [0.15, 0.2) is 5.96 Å². The van der Waals surface area contributed by atoms with Gasteiger partial charge in [-0.3, -0.25) is 9.79 Å². The zero-order chi connectivity index (χ0) is 17.6. The molecule has 1 aromatic carbocycles. The van der Waals surface area contributed by atoms with Gasteiger partial charge < -0.3 is 16.0 Å². The number of carbonyl (C=O) groups excluding carboxylic acids is 1. The van der Waals surface area contributed by atoms with Crippen molar-refractivity contribution in [3.8, 4) is 0 Å². The number of amides is 1. The first-order valence-electron chi connectivity index (χ1n) is 8.66. The Kier molecular flexibility index (Phi) is 8.18. The Labute approximate surface area is 168 Å². The highest BCUT2D eigenvalue weighted by molar-refractivity contribution is 14.0. The lowest BCUT2D eigenvalue weighted by molar-refractivity contribution is -0.121. The number of aliphatic imine (C=N–C) groups is 1. The van der Waals surface area contributed by atoms with Crippen LogP contribution in [0.3, 0.4) is 0 Å². The van der Waals surface area contributed by atoms with Crippen molar-refractivity contribution in [3.05, 3.63) is 35.9 Å². The van der Waals surface area contributed by atoms with E-state index in [1.165, 1.54) is 24.8 Å². The number of benzene rings is 1. The second-order valence-electron chi connectivity index (χ2n) is 7.58. The van der Waals surface area contributed by atoms with Gasteiger partial charge in [-0.2, -0.15) is 0 Å². The second kappa shape index (κ2) is 9.40. The van der Waals surface area contributed by atoms with E-state index >= 15 is 0 Å². The number of hydrogen-bond acceptors (Lipinski definition) is 2. The molecule has 5 nitrogen and oxygen atoms in total. The molecule has 140 valence electrons. The molecule has 2 rings (SSSR count). The van der Waals surface area contributed by atoms with Gasteiger partial charge in [-0.1, -0.05) is 36.8 Å². The predicted octanol–water partition coefficient (Wildman–Crippen LogP) is 2.81. The van der Waals surface area contributed by atoms with Crippen LogP contribution in [0, 0.1) is 0 Å². The number of halogens is 1. The average molecular weight is 458 g/mol. The molecule has 1 aromatic rings. The van der Waals surface area contributed by atoms with Gasteiger partial charge in [-0.25, -0.2) is 0 Å². The Bertz CT molecular complexity index is 577. The van der Waals surface area contributed by atoms with Gasteiger partial charge in [-0.15, -0.1) is 24.0 Å². The average Bonchev–Trinajstić information content (AvgIpc) is 2.48. The van der Waals surface area contributed by atoms with Crippen LogP contribution >= 0.6 is 24.0 Å². The molecule has 3 N–H and O–H groups in total. The van der Waals surface area contributed by atoms with Crippen molar-refractivity contribution >= 4 is 35.8 Å². The van der Waals surface area contributed by atoms with Crippen LogP contribution in [0.1, 0.15) is 45.6 Å². The van der Waals surface area contributed by atoms with E-state index in [4.69, 9.17) is 0 Å². The Morgan fingerprint density at radius 2 is 1.80 bits per heavy atom. The molecule has 1 amide bonds. The molecule has 0 aromatic heterocycles. The predicted molar refractivity (Wildman–Crippen MR) is 115 cm³/mol. The Hall–Kier alpha value is -1.31. The summed E-state index contributed by atoms with van der Waals surface area (Å²) in [5.41, 5.74) is 1.34. The number of hydrogen-bond donors (Lipinski definition) is 3. The van der Waals surface area contributed by atoms with Crippen LogP contribution in [-0.2, 0) is 10.2 Å². The van der Waals surface area contributed by atoms with Crippen LogP contribution in [0.5, 0.6) is 0 Å². The van der Waals surface area contributed by atoms with Crippen LogP contribution < -0.4 is 16.0 Å². The topological polar surface area (TPSA) is 65.5 Å². The standard InChI is InChI=1S/C19H30N4O.HI/c1-18(2,3)23-16(24)13-21-17(20-4)22-14-19(11-8-12-19)15-9-6-5-7-10-15;/h5-7,9-10H,8,11-14H2,1-4H3,(H,23,24)(H2,20,21,22);1H. The molecule has 0 radical (unpaired) electrons. The molecular formula is C19H31IN4O. The monoisotopic (exact) mass is 458 g/mol. The first-order valence-corrected chi connectivity index (χ1v) is 8.66. The summed E-state index contributed by atoms with van der Waals surface area (Å²) in [6.45, 7) is 6.96. The fourth-order valence-electron chi connectivity index (χ4n) is 3.06. The number of rotatable bonds is 5. The van der Waals surface area contributed by atoms with Gasteiger partial charge >= 0.3 is 0 Å². The van der Waals surface area contributed by atoms with Gasteiger partial charge in [0.25, 0.3) is 0 Å². The lowest BCUT2D eigenvalue weighted by atomic mass is 9.64. The minimum Gasteiger partial charge on any atom is -0.356 e. The van der Waals surface area contributed by atoms with E-state index in [2.05, 4.69) is 51.3 Å². The third kappa shape index (κ3) is 6.49. The summed E-state index contributed by atoms with van der Waals surface area (Å²) in [6.07, 6.45) is 3.63. The summed E-state index contributed by atoms with van der Waals surface area (Å²) in [5, 5.41) is 9.41. The van der Waals surface area contributed by atoms with Gasteiger partial charge in [0, 0.05) is 24.5 Å². The molecule has 1 fully saturated rings. The van der Waals surface area contributed by atoms with Crippen molar-refractivity contribution in [2.75, 3.05) is 20.1 Å². The summed E-state index contributed by atoms with van der Waals surface area (Å²) >= 11 is 0. The van der Waals surface area contributed by atoms with Crippen LogP contribution in [-0.4, -0.2) is 37.5 Å². The van der Waals surface area contributed by atoms with Crippen molar-refractivity contribution in [1.29, 1.82) is 0 Å². The van der Waals surface area contributed by atoms with Crippen LogP contribution in [0.15, 0.2) is 35.3 Å². The van der Waals surface area contributed by atoms with Crippen LogP contribution in [0.2, 0.25) is 0 Å². The fourth-order valence-corrected chi connectivity index (χ4v) is 3.06. The first kappa shape index (κ1) is 21.7. The molecular weight excluding hydrogens is 427 g/mol. The van der Waals surface area contributed by atoms with Gasteiger partial charge in [0.1, 0.15) is 0 Å². The molecule has 0 atom stereocenters. The normalized spacial score (nSPS) is 16.2. The van der Waals surface area contributed by atoms with E-state index < -0.39 is 0 Å².